The van der Waals surface area contributed by atoms with E-state index in [1.165, 1.54) is 6.07 Å². The van der Waals surface area contributed by atoms with E-state index in [9.17, 15) is 13.2 Å². The second kappa shape index (κ2) is 8.24. The van der Waals surface area contributed by atoms with E-state index in [1.807, 2.05) is 18.7 Å². The van der Waals surface area contributed by atoms with Gasteiger partial charge in [-0.1, -0.05) is 13.0 Å². The second-order valence-corrected chi connectivity index (χ2v) is 4.69. The van der Waals surface area contributed by atoms with Gasteiger partial charge in [-0.15, -0.1) is 0 Å². The van der Waals surface area contributed by atoms with Gasteiger partial charge < -0.3 is 15.0 Å². The molecule has 0 aliphatic heterocycles. The Balaban J connectivity index is 3.07. The number of hydrogen-bond acceptors (Lipinski definition) is 3. The third-order valence-electron chi connectivity index (χ3n) is 3.28. The van der Waals surface area contributed by atoms with Gasteiger partial charge in [-0.2, -0.15) is 13.2 Å². The average molecular weight is 304 g/mol. The Bertz CT molecular complexity index is 435. The summed E-state index contributed by atoms with van der Waals surface area (Å²) < 4.78 is 44.6. The molecule has 0 saturated carbocycles. The number of benzene rings is 1. The first-order chi connectivity index (χ1) is 9.93. The Kier molecular flexibility index (Phi) is 6.98. The van der Waals surface area contributed by atoms with Crippen LogP contribution in [0.4, 0.5) is 18.9 Å². The lowest BCUT2D eigenvalue weighted by atomic mass is 10.1. The summed E-state index contributed by atoms with van der Waals surface area (Å²) in [5.41, 5.74) is 0.273. The van der Waals surface area contributed by atoms with Gasteiger partial charge in [0.2, 0.25) is 0 Å². The predicted octanol–water partition coefficient (Wildman–Crippen LogP) is 3.29. The van der Waals surface area contributed by atoms with Crippen LogP contribution in [0.3, 0.4) is 0 Å². The maximum Gasteiger partial charge on any atom is 0.416 e. The van der Waals surface area contributed by atoms with Crippen molar-refractivity contribution in [2.45, 2.75) is 26.6 Å². The molecule has 1 N–H and O–H groups in total. The minimum Gasteiger partial charge on any atom is -0.383 e. The van der Waals surface area contributed by atoms with Crippen molar-refractivity contribution in [1.82, 2.24) is 5.32 Å². The zero-order valence-electron chi connectivity index (χ0n) is 12.8. The van der Waals surface area contributed by atoms with Crippen LogP contribution in [0.2, 0.25) is 0 Å². The van der Waals surface area contributed by atoms with Crippen molar-refractivity contribution in [3.8, 4) is 0 Å². The maximum absolute atomic E-state index is 13.2. The fourth-order valence-electron chi connectivity index (χ4n) is 2.11. The largest absolute Gasteiger partial charge is 0.416 e. The first-order valence-corrected chi connectivity index (χ1v) is 7.08. The normalized spacial score (nSPS) is 11.7. The minimum absolute atomic E-state index is 0.218. The van der Waals surface area contributed by atoms with Crippen LogP contribution in [0.15, 0.2) is 18.2 Å². The first-order valence-electron chi connectivity index (χ1n) is 7.08. The summed E-state index contributed by atoms with van der Waals surface area (Å²) in [6, 6.07) is 4.52. The zero-order valence-corrected chi connectivity index (χ0v) is 12.8. The monoisotopic (exact) mass is 304 g/mol. The number of rotatable bonds is 8. The van der Waals surface area contributed by atoms with E-state index in [0.29, 0.717) is 31.9 Å². The molecule has 1 rings (SSSR count). The van der Waals surface area contributed by atoms with Gasteiger partial charge in [-0.05, 0) is 31.2 Å². The average Bonchev–Trinajstić information content (AvgIpc) is 2.45. The van der Waals surface area contributed by atoms with E-state index >= 15 is 0 Å². The van der Waals surface area contributed by atoms with Gasteiger partial charge in [-0.3, -0.25) is 0 Å². The Labute approximate surface area is 124 Å². The molecule has 0 aromatic heterocycles. The van der Waals surface area contributed by atoms with E-state index in [4.69, 9.17) is 4.74 Å². The lowest BCUT2D eigenvalue weighted by Gasteiger charge is -2.24. The molecule has 0 saturated heterocycles. The highest BCUT2D eigenvalue weighted by Crippen LogP contribution is 2.34. The molecule has 0 fully saturated rings. The molecule has 0 aliphatic rings. The Hall–Kier alpha value is -1.27. The topological polar surface area (TPSA) is 24.5 Å². The van der Waals surface area contributed by atoms with Crippen molar-refractivity contribution in [2.75, 3.05) is 38.3 Å². The van der Waals surface area contributed by atoms with Gasteiger partial charge in [0, 0.05) is 32.4 Å². The number of likely N-dealkylation sites (N-methyl/N-ethyl adjacent to an activating group) is 1. The number of nitrogens with one attached hydrogen (secondary N) is 1. The van der Waals surface area contributed by atoms with Crippen molar-refractivity contribution in [2.24, 2.45) is 0 Å². The molecule has 1 aromatic carbocycles. The third-order valence-corrected chi connectivity index (χ3v) is 3.28. The molecule has 21 heavy (non-hydrogen) atoms. The summed E-state index contributed by atoms with van der Waals surface area (Å²) in [6.07, 6.45) is -4.35. The first kappa shape index (κ1) is 17.8. The third kappa shape index (κ3) is 5.21. The fraction of sp³-hybridized carbons (Fsp3) is 0.600. The number of nitrogens with zero attached hydrogens (tertiary/aromatic N) is 1. The lowest BCUT2D eigenvalue weighted by Crippen LogP contribution is -2.27. The lowest BCUT2D eigenvalue weighted by molar-refractivity contribution is -0.138. The van der Waals surface area contributed by atoms with Gasteiger partial charge in [0.1, 0.15) is 0 Å². The van der Waals surface area contributed by atoms with Crippen molar-refractivity contribution in [3.63, 3.8) is 0 Å². The molecule has 0 amide bonds. The van der Waals surface area contributed by atoms with Gasteiger partial charge in [0.25, 0.3) is 0 Å². The predicted molar refractivity (Wildman–Crippen MR) is 78.6 cm³/mol. The van der Waals surface area contributed by atoms with Gasteiger partial charge in [0.15, 0.2) is 0 Å². The van der Waals surface area contributed by atoms with Crippen LogP contribution in [-0.4, -0.2) is 33.4 Å². The van der Waals surface area contributed by atoms with Gasteiger partial charge in [-0.25, -0.2) is 0 Å². The van der Waals surface area contributed by atoms with Crippen molar-refractivity contribution >= 4 is 5.69 Å². The van der Waals surface area contributed by atoms with Crippen molar-refractivity contribution in [3.05, 3.63) is 29.3 Å². The molecule has 0 bridgehead atoms. The quantitative estimate of drug-likeness (QED) is 0.797. The van der Waals surface area contributed by atoms with E-state index in [1.54, 1.807) is 19.2 Å². The van der Waals surface area contributed by atoms with Crippen LogP contribution in [-0.2, 0) is 17.5 Å². The van der Waals surface area contributed by atoms with Crippen LogP contribution in [0, 0.1) is 0 Å². The number of ether oxygens (including phenoxy) is 1. The van der Waals surface area contributed by atoms with Crippen LogP contribution in [0.1, 0.15) is 25.0 Å². The standard InChI is InChI=1S/C15H23F3N2O/c1-4-19-11-12-6-7-13(10-14(12)15(16,17)18)20(5-2)8-9-21-3/h6-7,10,19H,4-5,8-9,11H2,1-3H3. The molecular weight excluding hydrogens is 281 g/mol. The minimum atomic E-state index is -4.35. The van der Waals surface area contributed by atoms with Crippen LogP contribution in [0.25, 0.3) is 0 Å². The number of methoxy groups -OCH3 is 1. The van der Waals surface area contributed by atoms with Crippen molar-refractivity contribution < 1.29 is 17.9 Å². The molecule has 3 nitrogen and oxygen atoms in total. The molecule has 0 unspecified atom stereocenters. The SMILES string of the molecule is CCNCc1ccc(N(CC)CCOC)cc1C(F)(F)F. The molecule has 0 spiro atoms. The molecule has 0 radical (unpaired) electrons. The molecule has 1 aromatic rings. The van der Waals surface area contributed by atoms with E-state index in [0.717, 1.165) is 0 Å². The molecule has 120 valence electrons. The number of halogens is 3. The molecular formula is C15H23F3N2O. The van der Waals surface area contributed by atoms with E-state index < -0.39 is 11.7 Å². The van der Waals surface area contributed by atoms with Crippen LogP contribution in [0.5, 0.6) is 0 Å². The van der Waals surface area contributed by atoms with Gasteiger partial charge >= 0.3 is 6.18 Å². The summed E-state index contributed by atoms with van der Waals surface area (Å²) in [7, 11) is 1.58. The molecule has 6 heteroatoms. The Morgan fingerprint density at radius 1 is 1.24 bits per heavy atom. The van der Waals surface area contributed by atoms with Gasteiger partial charge in [0.05, 0.1) is 12.2 Å². The highest BCUT2D eigenvalue weighted by atomic mass is 19.4. The maximum atomic E-state index is 13.2. The Morgan fingerprint density at radius 2 is 1.95 bits per heavy atom. The summed E-state index contributed by atoms with van der Waals surface area (Å²) in [5.74, 6) is 0. The fourth-order valence-corrected chi connectivity index (χ4v) is 2.11. The molecule has 0 heterocycles. The summed E-state index contributed by atoms with van der Waals surface area (Å²) in [6.45, 7) is 6.31. The van der Waals surface area contributed by atoms with E-state index in [-0.39, 0.29) is 12.1 Å². The second-order valence-electron chi connectivity index (χ2n) is 4.69. The summed E-state index contributed by atoms with van der Waals surface area (Å²) >= 11 is 0. The number of anilines is 1. The highest BCUT2D eigenvalue weighted by molar-refractivity contribution is 5.52. The number of alkyl halides is 3. The smallest absolute Gasteiger partial charge is 0.383 e. The molecule has 0 aliphatic carbocycles. The molecule has 0 atom stereocenters. The summed E-state index contributed by atoms with van der Waals surface area (Å²) in [4.78, 5) is 1.87. The summed E-state index contributed by atoms with van der Waals surface area (Å²) in [5, 5.41) is 2.94. The Morgan fingerprint density at radius 3 is 2.48 bits per heavy atom. The van der Waals surface area contributed by atoms with Crippen molar-refractivity contribution in [1.29, 1.82) is 0 Å². The van der Waals surface area contributed by atoms with Crippen LogP contribution >= 0.6 is 0 Å². The highest BCUT2D eigenvalue weighted by Gasteiger charge is 2.33. The van der Waals surface area contributed by atoms with Crippen LogP contribution < -0.4 is 10.2 Å². The number of hydrogen-bond donors (Lipinski definition) is 1. The van der Waals surface area contributed by atoms with E-state index in [2.05, 4.69) is 5.32 Å². The zero-order chi connectivity index (χ0) is 15.9.